The van der Waals surface area contributed by atoms with Crippen LogP contribution in [0.2, 0.25) is 0 Å². The Balaban J connectivity index is 1.93. The molecule has 2 aliphatic rings. The molecule has 0 bridgehead atoms. The molecule has 2 fully saturated rings. The largest absolute Gasteiger partial charge is 0.382 e. The Hall–Kier alpha value is -0.860. The van der Waals surface area contributed by atoms with Crippen LogP contribution in [0.15, 0.2) is 30.3 Å². The third kappa shape index (κ3) is 2.02. The first-order chi connectivity index (χ1) is 9.23. The normalized spacial score (nSPS) is 32.4. The number of fused-ring (bicyclic) bond motifs is 1. The molecule has 104 valence electrons. The number of hydrogen-bond donors (Lipinski definition) is 1. The Morgan fingerprint density at radius 1 is 1.32 bits per heavy atom. The number of aliphatic hydroxyl groups is 1. The zero-order chi connectivity index (χ0) is 13.3. The number of epoxide rings is 1. The van der Waals surface area contributed by atoms with E-state index in [4.69, 9.17) is 4.74 Å². The highest BCUT2D eigenvalue weighted by Crippen LogP contribution is 2.59. The summed E-state index contributed by atoms with van der Waals surface area (Å²) in [5, 5.41) is 11.4. The Morgan fingerprint density at radius 3 is 2.79 bits per heavy atom. The first-order valence-corrected chi connectivity index (χ1v) is 7.69. The fourth-order valence-corrected chi connectivity index (χ4v) is 3.77. The van der Waals surface area contributed by atoms with Gasteiger partial charge in [-0.2, -0.15) is 0 Å². The number of hydrogen-bond acceptors (Lipinski definition) is 2. The van der Waals surface area contributed by atoms with Crippen molar-refractivity contribution < 1.29 is 9.84 Å². The van der Waals surface area contributed by atoms with E-state index >= 15 is 0 Å². The van der Waals surface area contributed by atoms with E-state index in [1.165, 1.54) is 12.8 Å². The molecular weight excluding hydrogens is 236 g/mol. The molecule has 0 radical (unpaired) electrons. The first-order valence-electron chi connectivity index (χ1n) is 7.69. The van der Waals surface area contributed by atoms with Gasteiger partial charge in [-0.15, -0.1) is 0 Å². The molecule has 1 heterocycles. The highest BCUT2D eigenvalue weighted by atomic mass is 16.6. The lowest BCUT2D eigenvalue weighted by Gasteiger charge is -2.37. The van der Waals surface area contributed by atoms with Crippen molar-refractivity contribution >= 4 is 0 Å². The van der Waals surface area contributed by atoms with Gasteiger partial charge in [0.1, 0.15) is 11.2 Å². The number of ether oxygens (including phenoxy) is 1. The van der Waals surface area contributed by atoms with E-state index in [2.05, 4.69) is 19.1 Å². The fraction of sp³-hybridized carbons (Fsp3) is 0.647. The molecule has 3 rings (SSSR count). The molecule has 1 aliphatic carbocycles. The lowest BCUT2D eigenvalue weighted by Crippen LogP contribution is -2.45. The summed E-state index contributed by atoms with van der Waals surface area (Å²) in [5.74, 6) is 0. The monoisotopic (exact) mass is 260 g/mol. The first kappa shape index (κ1) is 13.1. The quantitative estimate of drug-likeness (QED) is 0.817. The van der Waals surface area contributed by atoms with Crippen LogP contribution in [0.4, 0.5) is 0 Å². The van der Waals surface area contributed by atoms with E-state index in [1.54, 1.807) is 0 Å². The molecule has 1 N–H and O–H groups in total. The van der Waals surface area contributed by atoms with Gasteiger partial charge < -0.3 is 9.84 Å². The van der Waals surface area contributed by atoms with Gasteiger partial charge in [0, 0.05) is 0 Å². The molecule has 1 aromatic carbocycles. The molecule has 2 nitrogen and oxygen atoms in total. The third-order valence-corrected chi connectivity index (χ3v) is 4.92. The maximum absolute atomic E-state index is 11.4. The van der Waals surface area contributed by atoms with Gasteiger partial charge >= 0.3 is 0 Å². The van der Waals surface area contributed by atoms with Crippen molar-refractivity contribution in [2.24, 2.45) is 0 Å². The van der Waals surface area contributed by atoms with Gasteiger partial charge in [0.2, 0.25) is 0 Å². The van der Waals surface area contributed by atoms with Crippen LogP contribution in [0, 0.1) is 0 Å². The summed E-state index contributed by atoms with van der Waals surface area (Å²) in [4.78, 5) is 0. The van der Waals surface area contributed by atoms with E-state index in [-0.39, 0.29) is 11.7 Å². The SMILES string of the molecule is CCCC[C@@](O)(c1ccccc1)[C@@]12CCCC[C@@H]1O2. The zero-order valence-electron chi connectivity index (χ0n) is 11.8. The Morgan fingerprint density at radius 2 is 2.11 bits per heavy atom. The van der Waals surface area contributed by atoms with Crippen molar-refractivity contribution in [3.63, 3.8) is 0 Å². The lowest BCUT2D eigenvalue weighted by atomic mass is 9.70. The molecule has 1 saturated heterocycles. The maximum atomic E-state index is 11.4. The van der Waals surface area contributed by atoms with Crippen molar-refractivity contribution in [3.8, 4) is 0 Å². The van der Waals surface area contributed by atoms with Crippen LogP contribution in [-0.4, -0.2) is 16.8 Å². The Kier molecular flexibility index (Phi) is 3.40. The van der Waals surface area contributed by atoms with Gasteiger partial charge in [0.05, 0.1) is 6.10 Å². The van der Waals surface area contributed by atoms with Crippen LogP contribution in [0.25, 0.3) is 0 Å². The van der Waals surface area contributed by atoms with Crippen molar-refractivity contribution in [2.75, 3.05) is 0 Å². The Bertz CT molecular complexity index is 430. The summed E-state index contributed by atoms with van der Waals surface area (Å²) in [6.07, 6.45) is 7.78. The molecular formula is C17H24O2. The van der Waals surface area contributed by atoms with Crippen LogP contribution in [-0.2, 0) is 10.3 Å². The average molecular weight is 260 g/mol. The van der Waals surface area contributed by atoms with Crippen LogP contribution in [0.5, 0.6) is 0 Å². The average Bonchev–Trinajstić information content (AvgIpc) is 3.22. The summed E-state index contributed by atoms with van der Waals surface area (Å²) in [7, 11) is 0. The van der Waals surface area contributed by atoms with Gasteiger partial charge in [-0.25, -0.2) is 0 Å². The summed E-state index contributed by atoms with van der Waals surface area (Å²) >= 11 is 0. The molecule has 0 spiro atoms. The van der Waals surface area contributed by atoms with E-state index in [0.29, 0.717) is 0 Å². The summed E-state index contributed by atoms with van der Waals surface area (Å²) in [6, 6.07) is 10.1. The Labute approximate surface area is 115 Å². The second kappa shape index (κ2) is 4.92. The van der Waals surface area contributed by atoms with Crippen LogP contribution in [0.3, 0.4) is 0 Å². The van der Waals surface area contributed by atoms with E-state index < -0.39 is 5.60 Å². The minimum atomic E-state index is -0.796. The van der Waals surface area contributed by atoms with Gasteiger partial charge in [0.15, 0.2) is 0 Å². The van der Waals surface area contributed by atoms with Crippen molar-refractivity contribution in [1.82, 2.24) is 0 Å². The highest BCUT2D eigenvalue weighted by Gasteiger charge is 2.68. The van der Waals surface area contributed by atoms with Crippen LogP contribution >= 0.6 is 0 Å². The summed E-state index contributed by atoms with van der Waals surface area (Å²) < 4.78 is 6.03. The molecule has 1 aliphatic heterocycles. The number of rotatable bonds is 5. The standard InChI is InChI=1S/C17H24O2/c1-2-3-12-16(18,14-9-5-4-6-10-14)17-13-8-7-11-15(17)19-17/h4-6,9-10,15,18H,2-3,7-8,11-13H2,1H3/t15-,16+,17+/m0/s1. The molecule has 1 saturated carbocycles. The topological polar surface area (TPSA) is 32.8 Å². The van der Waals surface area contributed by atoms with Crippen molar-refractivity contribution in [1.29, 1.82) is 0 Å². The third-order valence-electron chi connectivity index (χ3n) is 4.92. The predicted molar refractivity (Wildman–Crippen MR) is 75.9 cm³/mol. The summed E-state index contributed by atoms with van der Waals surface area (Å²) in [6.45, 7) is 2.18. The smallest absolute Gasteiger partial charge is 0.127 e. The van der Waals surface area contributed by atoms with Crippen LogP contribution in [0.1, 0.15) is 57.4 Å². The van der Waals surface area contributed by atoms with E-state index in [0.717, 1.165) is 37.7 Å². The van der Waals surface area contributed by atoms with E-state index in [9.17, 15) is 5.11 Å². The second-order valence-corrected chi connectivity index (χ2v) is 6.07. The molecule has 19 heavy (non-hydrogen) atoms. The molecule has 3 atom stereocenters. The number of benzene rings is 1. The van der Waals surface area contributed by atoms with Gasteiger partial charge in [0.25, 0.3) is 0 Å². The molecule has 0 unspecified atom stereocenters. The van der Waals surface area contributed by atoms with E-state index in [1.807, 2.05) is 18.2 Å². The maximum Gasteiger partial charge on any atom is 0.127 e. The summed E-state index contributed by atoms with van der Waals surface area (Å²) in [5.41, 5.74) is -0.0511. The predicted octanol–water partition coefficient (Wildman–Crippen LogP) is 3.78. The van der Waals surface area contributed by atoms with Gasteiger partial charge in [-0.1, -0.05) is 62.9 Å². The minimum absolute atomic E-state index is 0.281. The molecule has 0 amide bonds. The minimum Gasteiger partial charge on any atom is -0.382 e. The second-order valence-electron chi connectivity index (χ2n) is 6.07. The van der Waals surface area contributed by atoms with Crippen molar-refractivity contribution in [3.05, 3.63) is 35.9 Å². The highest BCUT2D eigenvalue weighted by molar-refractivity contribution is 5.31. The van der Waals surface area contributed by atoms with Crippen LogP contribution < -0.4 is 0 Å². The lowest BCUT2D eigenvalue weighted by molar-refractivity contribution is -0.0580. The van der Waals surface area contributed by atoms with Gasteiger partial charge in [-0.3, -0.25) is 0 Å². The van der Waals surface area contributed by atoms with Crippen molar-refractivity contribution in [2.45, 2.75) is 69.2 Å². The molecule has 1 aromatic rings. The molecule has 2 heteroatoms. The fourth-order valence-electron chi connectivity index (χ4n) is 3.77. The number of unbranched alkanes of at least 4 members (excludes halogenated alkanes) is 1. The molecule has 0 aromatic heterocycles. The van der Waals surface area contributed by atoms with Gasteiger partial charge in [-0.05, 0) is 24.8 Å². The zero-order valence-corrected chi connectivity index (χ0v) is 11.8.